The lowest BCUT2D eigenvalue weighted by Crippen LogP contribution is -2.51. The molecule has 2 heterocycles. The van der Waals surface area contributed by atoms with Crippen molar-refractivity contribution in [1.82, 2.24) is 20.2 Å². The van der Waals surface area contributed by atoms with Gasteiger partial charge in [-0.2, -0.15) is 4.98 Å². The normalized spacial score (nSPS) is 17.2. The summed E-state index contributed by atoms with van der Waals surface area (Å²) in [6.07, 6.45) is -0.0432. The van der Waals surface area contributed by atoms with Crippen LogP contribution in [-0.2, 0) is 14.8 Å². The Morgan fingerprint density at radius 2 is 1.81 bits per heavy atom. The zero-order valence-corrected chi connectivity index (χ0v) is 25.5. The first-order valence-corrected chi connectivity index (χ1v) is 15.2. The fraction of sp³-hybridized carbons (Fsp3) is 0.400. The summed E-state index contributed by atoms with van der Waals surface area (Å²) in [7, 11) is -2.90. The lowest BCUT2D eigenvalue weighted by atomic mass is 10.00. The molecule has 0 fully saturated rings. The molecule has 224 valence electrons. The highest BCUT2D eigenvalue weighted by molar-refractivity contribution is 7.92. The van der Waals surface area contributed by atoms with Crippen molar-refractivity contribution in [1.29, 1.82) is 0 Å². The molecule has 3 aromatic rings. The number of hydrogen-bond acceptors (Lipinski definition) is 8. The Bertz CT molecular complexity index is 1560. The quantitative estimate of drug-likeness (QED) is 0.423. The lowest BCUT2D eigenvalue weighted by Gasteiger charge is -2.35. The van der Waals surface area contributed by atoms with E-state index in [1.807, 2.05) is 45.9 Å². The summed E-state index contributed by atoms with van der Waals surface area (Å²) in [5.74, 6) is -0.191. The number of nitrogens with one attached hydrogen (secondary N) is 2. The summed E-state index contributed by atoms with van der Waals surface area (Å²) in [6.45, 7) is 9.95. The van der Waals surface area contributed by atoms with E-state index in [9.17, 15) is 18.0 Å². The van der Waals surface area contributed by atoms with Crippen molar-refractivity contribution in [2.75, 3.05) is 25.0 Å². The lowest BCUT2D eigenvalue weighted by molar-refractivity contribution is 0.0549. The monoisotopic (exact) mass is 595 g/mol. The fourth-order valence-corrected chi connectivity index (χ4v) is 6.03. The van der Waals surface area contributed by atoms with Gasteiger partial charge in [-0.05, 0) is 62.4 Å². The van der Waals surface area contributed by atoms with Crippen LogP contribution in [0.15, 0.2) is 53.4 Å². The van der Waals surface area contributed by atoms with E-state index >= 15 is 0 Å². The predicted octanol–water partition coefficient (Wildman–Crippen LogP) is 4.56. The smallest absolute Gasteiger partial charge is 0.407 e. The van der Waals surface area contributed by atoms with Gasteiger partial charge in [-0.3, -0.25) is 4.79 Å². The molecule has 1 unspecified atom stereocenters. The maximum Gasteiger partial charge on any atom is 0.407 e. The Hall–Kier alpha value is -4.19. The van der Waals surface area contributed by atoms with Gasteiger partial charge in [0.2, 0.25) is 11.8 Å². The number of aryl methyl sites for hydroxylation is 2. The fourth-order valence-electron chi connectivity index (χ4n) is 5.04. The SMILES string of the molecule is COC(=O)NC(C)CN1C(=O)c2cccc(c2)S(=O)(=O)Nc2nc(cc(-c3c(C)cccc3C)n2)OC[C@H]1CC(C)C. The Morgan fingerprint density at radius 3 is 2.48 bits per heavy atom. The number of nitrogens with zero attached hydrogens (tertiary/aromatic N) is 3. The van der Waals surface area contributed by atoms with Gasteiger partial charge in [0, 0.05) is 29.8 Å². The van der Waals surface area contributed by atoms with E-state index in [0.29, 0.717) is 12.1 Å². The zero-order chi connectivity index (χ0) is 30.6. The van der Waals surface area contributed by atoms with Crippen LogP contribution in [-0.4, -0.2) is 67.6 Å². The van der Waals surface area contributed by atoms with E-state index in [4.69, 9.17) is 9.47 Å². The summed E-state index contributed by atoms with van der Waals surface area (Å²) >= 11 is 0. The van der Waals surface area contributed by atoms with E-state index in [-0.39, 0.29) is 41.4 Å². The van der Waals surface area contributed by atoms with Crippen LogP contribution in [0.5, 0.6) is 5.88 Å². The number of hydrogen-bond donors (Lipinski definition) is 2. The van der Waals surface area contributed by atoms with Gasteiger partial charge < -0.3 is 19.7 Å². The molecule has 2 atom stereocenters. The van der Waals surface area contributed by atoms with Crippen LogP contribution in [0.4, 0.5) is 10.7 Å². The molecule has 0 saturated carbocycles. The van der Waals surface area contributed by atoms with Gasteiger partial charge in [0.25, 0.3) is 15.9 Å². The highest BCUT2D eigenvalue weighted by Crippen LogP contribution is 2.30. The molecule has 2 N–H and O–H groups in total. The minimum atomic E-state index is -4.17. The zero-order valence-electron chi connectivity index (χ0n) is 24.7. The van der Waals surface area contributed by atoms with Gasteiger partial charge in [0.1, 0.15) is 6.61 Å². The number of anilines is 1. The molecule has 0 aliphatic carbocycles. The van der Waals surface area contributed by atoms with E-state index in [0.717, 1.165) is 16.7 Å². The second-order valence-corrected chi connectivity index (χ2v) is 12.6. The summed E-state index contributed by atoms with van der Waals surface area (Å²) in [4.78, 5) is 36.3. The van der Waals surface area contributed by atoms with Crippen molar-refractivity contribution < 1.29 is 27.5 Å². The van der Waals surface area contributed by atoms with Crippen LogP contribution in [0.1, 0.15) is 48.7 Å². The van der Waals surface area contributed by atoms with Crippen molar-refractivity contribution in [2.24, 2.45) is 5.92 Å². The molecule has 0 saturated heterocycles. The van der Waals surface area contributed by atoms with Crippen LogP contribution >= 0.6 is 0 Å². The largest absolute Gasteiger partial charge is 0.475 e. The number of carbonyl (C=O) groups is 2. The molecule has 0 radical (unpaired) electrons. The molecule has 12 heteroatoms. The van der Waals surface area contributed by atoms with Gasteiger partial charge in [0.05, 0.1) is 23.7 Å². The van der Waals surface area contributed by atoms with E-state index < -0.39 is 34.1 Å². The number of carbonyl (C=O) groups excluding carboxylic acids is 2. The number of benzene rings is 2. The third kappa shape index (κ3) is 7.17. The molecule has 4 bridgehead atoms. The molecular formula is C30H37N5O6S. The standard InChI is InChI=1S/C30H37N5O6S/c1-18(2)13-23-17-41-26-15-25(27-19(3)9-7-10-20(27)4)32-29(33-26)34-42(38,39)24-12-8-11-22(14-24)28(36)35(23)16-21(5)31-30(37)40-6/h7-12,14-15,18,21,23H,13,16-17H2,1-6H3,(H,31,37)(H,32,33,34)/t21?,23-/m1/s1. The van der Waals surface area contributed by atoms with Crippen LogP contribution in [0, 0.1) is 19.8 Å². The first-order chi connectivity index (χ1) is 19.9. The van der Waals surface area contributed by atoms with Crippen LogP contribution in [0.3, 0.4) is 0 Å². The molecule has 4 rings (SSSR count). The summed E-state index contributed by atoms with van der Waals surface area (Å²) in [5.41, 5.74) is 3.44. The second kappa shape index (κ2) is 12.8. The summed E-state index contributed by atoms with van der Waals surface area (Å²) in [6, 6.07) is 12.4. The molecule has 1 aromatic heterocycles. The Balaban J connectivity index is 1.86. The molecule has 11 nitrogen and oxygen atoms in total. The number of sulfonamides is 1. The highest BCUT2D eigenvalue weighted by atomic mass is 32.2. The van der Waals surface area contributed by atoms with Crippen LogP contribution < -0.4 is 14.8 Å². The van der Waals surface area contributed by atoms with Gasteiger partial charge in [-0.15, -0.1) is 0 Å². The maximum absolute atomic E-state index is 14.0. The van der Waals surface area contributed by atoms with Crippen LogP contribution in [0.2, 0.25) is 0 Å². The number of amides is 2. The van der Waals surface area contributed by atoms with Crippen molar-refractivity contribution in [3.63, 3.8) is 0 Å². The van der Waals surface area contributed by atoms with Crippen LogP contribution in [0.25, 0.3) is 11.3 Å². The van der Waals surface area contributed by atoms with Crippen molar-refractivity contribution in [2.45, 2.75) is 58.0 Å². The minimum Gasteiger partial charge on any atom is -0.475 e. The maximum atomic E-state index is 14.0. The van der Waals surface area contributed by atoms with Crippen molar-refractivity contribution in [3.05, 3.63) is 65.2 Å². The number of methoxy groups -OCH3 is 1. The van der Waals surface area contributed by atoms with E-state index in [1.54, 1.807) is 24.0 Å². The third-order valence-corrected chi connectivity index (χ3v) is 8.27. The number of fused-ring (bicyclic) bond motifs is 4. The van der Waals surface area contributed by atoms with Gasteiger partial charge in [-0.1, -0.05) is 38.1 Å². The van der Waals surface area contributed by atoms with Crippen molar-refractivity contribution in [3.8, 4) is 17.1 Å². The first kappa shape index (κ1) is 30.8. The Morgan fingerprint density at radius 1 is 1.12 bits per heavy atom. The molecule has 2 amide bonds. The highest BCUT2D eigenvalue weighted by Gasteiger charge is 2.30. The Kier molecular flexibility index (Phi) is 9.35. The molecular weight excluding hydrogens is 558 g/mol. The first-order valence-electron chi connectivity index (χ1n) is 13.7. The average Bonchev–Trinajstić information content (AvgIpc) is 2.93. The van der Waals surface area contributed by atoms with Gasteiger partial charge in [0.15, 0.2) is 0 Å². The molecule has 2 aromatic carbocycles. The second-order valence-electron chi connectivity index (χ2n) is 10.9. The summed E-state index contributed by atoms with van der Waals surface area (Å²) < 4.78 is 40.4. The van der Waals surface area contributed by atoms with Gasteiger partial charge >= 0.3 is 6.09 Å². The summed E-state index contributed by atoms with van der Waals surface area (Å²) in [5, 5.41) is 2.71. The number of alkyl carbamates (subject to hydrolysis) is 1. The number of aromatic nitrogens is 2. The number of rotatable bonds is 6. The van der Waals surface area contributed by atoms with E-state index in [2.05, 4.69) is 20.0 Å². The minimum absolute atomic E-state index is 0.0734. The van der Waals surface area contributed by atoms with Crippen molar-refractivity contribution >= 4 is 28.0 Å². The molecule has 0 spiro atoms. The molecule has 1 aliphatic heterocycles. The topological polar surface area (TPSA) is 140 Å². The Labute approximate surface area is 246 Å². The third-order valence-electron chi connectivity index (χ3n) is 6.95. The molecule has 42 heavy (non-hydrogen) atoms. The van der Waals surface area contributed by atoms with Gasteiger partial charge in [-0.25, -0.2) is 22.9 Å². The van der Waals surface area contributed by atoms with E-state index in [1.165, 1.54) is 25.3 Å². The molecule has 1 aliphatic rings. The average molecular weight is 596 g/mol. The predicted molar refractivity (Wildman–Crippen MR) is 159 cm³/mol. The number of ether oxygens (including phenoxy) is 2.